The number of thioether (sulfide) groups is 1. The van der Waals surface area contributed by atoms with Gasteiger partial charge in [0.05, 0.1) is 5.75 Å². The van der Waals surface area contributed by atoms with Gasteiger partial charge >= 0.3 is 0 Å². The van der Waals surface area contributed by atoms with Crippen molar-refractivity contribution < 1.29 is 9.59 Å². The number of benzene rings is 2. The number of hydrogen-bond acceptors (Lipinski definition) is 3. The summed E-state index contributed by atoms with van der Waals surface area (Å²) in [6.45, 7) is 10.2. The summed E-state index contributed by atoms with van der Waals surface area (Å²) in [6.07, 6.45) is 0.547. The van der Waals surface area contributed by atoms with E-state index in [0.717, 1.165) is 16.0 Å². The Labute approximate surface area is 189 Å². The molecule has 0 saturated heterocycles. The summed E-state index contributed by atoms with van der Waals surface area (Å²) in [6, 6.07) is 15.0. The van der Waals surface area contributed by atoms with Gasteiger partial charge in [-0.15, -0.1) is 11.8 Å². The average molecular weight is 447 g/mol. The lowest BCUT2D eigenvalue weighted by Crippen LogP contribution is -2.53. The number of aryl methyl sites for hydroxylation is 1. The van der Waals surface area contributed by atoms with Crippen LogP contribution in [0.1, 0.15) is 45.2 Å². The maximum atomic E-state index is 13.2. The maximum absolute atomic E-state index is 13.2. The van der Waals surface area contributed by atoms with Crippen LogP contribution in [0.2, 0.25) is 5.02 Å². The minimum atomic E-state index is -0.524. The molecule has 0 saturated carbocycles. The van der Waals surface area contributed by atoms with Crippen molar-refractivity contribution in [3.63, 3.8) is 0 Å². The van der Waals surface area contributed by atoms with Gasteiger partial charge in [-0.25, -0.2) is 0 Å². The van der Waals surface area contributed by atoms with E-state index in [1.165, 1.54) is 11.8 Å². The molecule has 162 valence electrons. The molecule has 2 rings (SSSR count). The third kappa shape index (κ3) is 7.69. The molecule has 30 heavy (non-hydrogen) atoms. The number of carbonyl (C=O) groups is 2. The van der Waals surface area contributed by atoms with E-state index in [2.05, 4.69) is 5.32 Å². The molecule has 0 bridgehead atoms. The van der Waals surface area contributed by atoms with E-state index in [4.69, 9.17) is 11.6 Å². The third-order valence-corrected chi connectivity index (χ3v) is 5.78. The predicted molar refractivity (Wildman–Crippen MR) is 126 cm³/mol. The van der Waals surface area contributed by atoms with Crippen LogP contribution >= 0.6 is 23.4 Å². The van der Waals surface area contributed by atoms with Gasteiger partial charge in [-0.3, -0.25) is 9.59 Å². The van der Waals surface area contributed by atoms with Crippen molar-refractivity contribution >= 4 is 35.2 Å². The molecule has 2 aromatic rings. The summed E-state index contributed by atoms with van der Waals surface area (Å²) in [7, 11) is 0. The van der Waals surface area contributed by atoms with Gasteiger partial charge in [0.25, 0.3) is 0 Å². The SMILES string of the molecule is CCC(C(=O)NC(C)(C)C)N(Cc1ccc(C)cc1)C(=O)CSc1ccc(Cl)cc1. The fourth-order valence-electron chi connectivity index (χ4n) is 3.02. The van der Waals surface area contributed by atoms with Gasteiger partial charge in [0.2, 0.25) is 11.8 Å². The minimum Gasteiger partial charge on any atom is -0.350 e. The topological polar surface area (TPSA) is 49.4 Å². The molecule has 0 aliphatic carbocycles. The van der Waals surface area contributed by atoms with E-state index < -0.39 is 6.04 Å². The summed E-state index contributed by atoms with van der Waals surface area (Å²) in [5, 5.41) is 3.69. The van der Waals surface area contributed by atoms with E-state index >= 15 is 0 Å². The van der Waals surface area contributed by atoms with Crippen LogP contribution in [-0.2, 0) is 16.1 Å². The largest absolute Gasteiger partial charge is 0.350 e. The highest BCUT2D eigenvalue weighted by Crippen LogP contribution is 2.22. The molecule has 1 unspecified atom stereocenters. The molecule has 0 aliphatic rings. The summed E-state index contributed by atoms with van der Waals surface area (Å²) < 4.78 is 0. The molecule has 2 amide bonds. The predicted octanol–water partition coefficient (Wildman–Crippen LogP) is 5.46. The summed E-state index contributed by atoms with van der Waals surface area (Å²) >= 11 is 7.40. The van der Waals surface area contributed by atoms with E-state index in [1.807, 2.05) is 83.1 Å². The lowest BCUT2D eigenvalue weighted by Gasteiger charge is -2.33. The van der Waals surface area contributed by atoms with E-state index in [0.29, 0.717) is 18.0 Å². The first-order chi connectivity index (χ1) is 14.1. The summed E-state index contributed by atoms with van der Waals surface area (Å²) in [4.78, 5) is 28.9. The van der Waals surface area contributed by atoms with Gasteiger partial charge in [0.15, 0.2) is 0 Å². The Morgan fingerprint density at radius 2 is 1.67 bits per heavy atom. The van der Waals surface area contributed by atoms with Crippen LogP contribution in [0.3, 0.4) is 0 Å². The molecule has 4 nitrogen and oxygen atoms in total. The normalized spacial score (nSPS) is 12.3. The second-order valence-corrected chi connectivity index (χ2v) is 9.90. The number of nitrogens with zero attached hydrogens (tertiary/aromatic N) is 1. The van der Waals surface area contributed by atoms with Crippen LogP contribution in [0, 0.1) is 6.92 Å². The molecule has 0 aliphatic heterocycles. The van der Waals surface area contributed by atoms with Gasteiger partial charge in [0.1, 0.15) is 6.04 Å². The number of nitrogens with one attached hydrogen (secondary N) is 1. The molecule has 1 atom stereocenters. The highest BCUT2D eigenvalue weighted by Gasteiger charge is 2.30. The Morgan fingerprint density at radius 1 is 1.07 bits per heavy atom. The molecule has 0 heterocycles. The minimum absolute atomic E-state index is 0.0635. The molecule has 0 spiro atoms. The van der Waals surface area contributed by atoms with E-state index in [-0.39, 0.29) is 23.1 Å². The van der Waals surface area contributed by atoms with Gasteiger partial charge in [-0.2, -0.15) is 0 Å². The maximum Gasteiger partial charge on any atom is 0.243 e. The fourth-order valence-corrected chi connectivity index (χ4v) is 3.93. The second kappa shape index (κ2) is 10.9. The van der Waals surface area contributed by atoms with Crippen molar-refractivity contribution in [2.75, 3.05) is 5.75 Å². The van der Waals surface area contributed by atoms with Crippen LogP contribution in [0.5, 0.6) is 0 Å². The molecule has 6 heteroatoms. The van der Waals surface area contributed by atoms with Gasteiger partial charge in [-0.1, -0.05) is 48.4 Å². The van der Waals surface area contributed by atoms with Crippen LogP contribution < -0.4 is 5.32 Å². The van der Waals surface area contributed by atoms with Gasteiger partial charge in [0, 0.05) is 22.0 Å². The summed E-state index contributed by atoms with van der Waals surface area (Å²) in [5.74, 6) is 0.0701. The average Bonchev–Trinajstić information content (AvgIpc) is 2.67. The number of carbonyl (C=O) groups excluding carboxylic acids is 2. The first-order valence-electron chi connectivity index (χ1n) is 10.1. The van der Waals surface area contributed by atoms with Crippen molar-refractivity contribution in [2.45, 2.75) is 64.1 Å². The van der Waals surface area contributed by atoms with Crippen LogP contribution in [0.25, 0.3) is 0 Å². The van der Waals surface area contributed by atoms with Crippen molar-refractivity contribution in [1.29, 1.82) is 0 Å². The smallest absolute Gasteiger partial charge is 0.243 e. The summed E-state index contributed by atoms with van der Waals surface area (Å²) in [5.41, 5.74) is 1.81. The third-order valence-electron chi connectivity index (χ3n) is 4.53. The fraction of sp³-hybridized carbons (Fsp3) is 0.417. The Morgan fingerprint density at radius 3 is 2.20 bits per heavy atom. The van der Waals surface area contributed by atoms with Crippen molar-refractivity contribution in [3.8, 4) is 0 Å². The highest BCUT2D eigenvalue weighted by atomic mass is 35.5. The van der Waals surface area contributed by atoms with Crippen molar-refractivity contribution in [1.82, 2.24) is 10.2 Å². The van der Waals surface area contributed by atoms with E-state index in [9.17, 15) is 9.59 Å². The lowest BCUT2D eigenvalue weighted by molar-refractivity contribution is -0.140. The zero-order valence-corrected chi connectivity index (χ0v) is 19.9. The number of hydrogen-bond donors (Lipinski definition) is 1. The Kier molecular flexibility index (Phi) is 8.80. The Bertz CT molecular complexity index is 845. The Hall–Kier alpha value is -1.98. The standard InChI is InChI=1S/C24H31ClN2O2S/c1-6-21(23(29)26-24(3,4)5)27(15-18-9-7-17(2)8-10-18)22(28)16-30-20-13-11-19(25)12-14-20/h7-14,21H,6,15-16H2,1-5H3,(H,26,29). The number of rotatable bonds is 8. The van der Waals surface area contributed by atoms with Crippen molar-refractivity contribution in [3.05, 3.63) is 64.7 Å². The Balaban J connectivity index is 2.21. The zero-order valence-electron chi connectivity index (χ0n) is 18.4. The van der Waals surface area contributed by atoms with E-state index in [1.54, 1.807) is 4.90 Å². The second-order valence-electron chi connectivity index (χ2n) is 8.41. The van der Waals surface area contributed by atoms with Crippen LogP contribution in [0.15, 0.2) is 53.4 Å². The molecule has 0 aromatic heterocycles. The van der Waals surface area contributed by atoms with Crippen LogP contribution in [-0.4, -0.2) is 34.0 Å². The first kappa shape index (κ1) is 24.3. The lowest BCUT2D eigenvalue weighted by atomic mass is 10.1. The van der Waals surface area contributed by atoms with Crippen LogP contribution in [0.4, 0.5) is 0 Å². The van der Waals surface area contributed by atoms with Gasteiger partial charge < -0.3 is 10.2 Å². The highest BCUT2D eigenvalue weighted by molar-refractivity contribution is 8.00. The monoisotopic (exact) mass is 446 g/mol. The molecule has 2 aromatic carbocycles. The molecule has 0 fully saturated rings. The molecular weight excluding hydrogens is 416 g/mol. The quantitative estimate of drug-likeness (QED) is 0.547. The van der Waals surface area contributed by atoms with Crippen molar-refractivity contribution in [2.24, 2.45) is 0 Å². The number of halogens is 1. The molecule has 0 radical (unpaired) electrons. The molecular formula is C24H31ClN2O2S. The first-order valence-corrected chi connectivity index (χ1v) is 11.5. The molecule has 1 N–H and O–H groups in total. The zero-order chi connectivity index (χ0) is 22.3. The number of amides is 2. The van der Waals surface area contributed by atoms with Gasteiger partial charge in [-0.05, 0) is 63.9 Å².